The molecule has 1 aromatic rings. The fraction of sp³-hybridized carbons (Fsp3) is 0.647. The molecule has 0 fully saturated rings. The van der Waals surface area contributed by atoms with E-state index in [4.69, 9.17) is 0 Å². The Morgan fingerprint density at radius 2 is 1.63 bits per heavy atom. The van der Waals surface area contributed by atoms with Gasteiger partial charge in [0.2, 0.25) is 0 Å². The van der Waals surface area contributed by atoms with Crippen LogP contribution < -0.4 is 5.32 Å². The first-order chi connectivity index (χ1) is 8.91. The highest BCUT2D eigenvalue weighted by Gasteiger charge is 2.26. The summed E-state index contributed by atoms with van der Waals surface area (Å²) in [7, 11) is 0. The Morgan fingerprint density at radius 3 is 2.16 bits per heavy atom. The molecule has 0 aliphatic carbocycles. The van der Waals surface area contributed by atoms with Crippen molar-refractivity contribution in [1.82, 2.24) is 5.32 Å². The lowest BCUT2D eigenvalue weighted by atomic mass is 9.92. The third-order valence-corrected chi connectivity index (χ3v) is 4.09. The Hall–Kier alpha value is -0.860. The summed E-state index contributed by atoms with van der Waals surface area (Å²) in [6.45, 7) is 9.18. The molecule has 0 radical (unpaired) electrons. The van der Waals surface area contributed by atoms with Crippen molar-refractivity contribution in [1.29, 1.82) is 0 Å². The maximum Gasteiger partial charge on any atom is 0.0766 e. The van der Waals surface area contributed by atoms with Gasteiger partial charge in [0.05, 0.1) is 5.60 Å². The van der Waals surface area contributed by atoms with Crippen molar-refractivity contribution in [2.45, 2.75) is 64.5 Å². The molecule has 0 amide bonds. The third-order valence-electron chi connectivity index (χ3n) is 4.09. The van der Waals surface area contributed by atoms with Crippen LogP contribution in [0.3, 0.4) is 0 Å². The van der Waals surface area contributed by atoms with Gasteiger partial charge in [-0.3, -0.25) is 0 Å². The molecule has 2 N–H and O–H groups in total. The highest BCUT2D eigenvalue weighted by atomic mass is 16.3. The molecular weight excluding hydrogens is 234 g/mol. The number of rotatable bonds is 8. The minimum atomic E-state index is -0.565. The van der Waals surface area contributed by atoms with Gasteiger partial charge in [0.15, 0.2) is 0 Å². The maximum absolute atomic E-state index is 10.3. The summed E-state index contributed by atoms with van der Waals surface area (Å²) in [6.07, 6.45) is 3.73. The fourth-order valence-electron chi connectivity index (χ4n) is 2.09. The van der Waals surface area contributed by atoms with E-state index in [-0.39, 0.29) is 5.54 Å². The molecular formula is C17H29NO. The summed E-state index contributed by atoms with van der Waals surface area (Å²) in [5, 5.41) is 13.8. The van der Waals surface area contributed by atoms with Crippen LogP contribution in [0, 0.1) is 0 Å². The smallest absolute Gasteiger partial charge is 0.0766 e. The highest BCUT2D eigenvalue weighted by Crippen LogP contribution is 2.18. The van der Waals surface area contributed by atoms with Crippen LogP contribution in [0.2, 0.25) is 0 Å². The molecule has 0 heterocycles. The second-order valence-corrected chi connectivity index (χ2v) is 6.15. The van der Waals surface area contributed by atoms with Gasteiger partial charge < -0.3 is 10.4 Å². The molecule has 0 bridgehead atoms. The zero-order valence-electron chi connectivity index (χ0n) is 12.9. The first kappa shape index (κ1) is 16.2. The molecule has 0 saturated heterocycles. The first-order valence-electron chi connectivity index (χ1n) is 7.42. The van der Waals surface area contributed by atoms with E-state index >= 15 is 0 Å². The molecule has 0 aliphatic heterocycles. The average Bonchev–Trinajstić information content (AvgIpc) is 2.44. The lowest BCUT2D eigenvalue weighted by molar-refractivity contribution is 0.0254. The molecule has 2 nitrogen and oxygen atoms in total. The Bertz CT molecular complexity index is 355. The zero-order chi connectivity index (χ0) is 14.4. The molecule has 0 atom stereocenters. The van der Waals surface area contributed by atoms with Gasteiger partial charge in [-0.15, -0.1) is 0 Å². The molecule has 0 aromatic heterocycles. The average molecular weight is 263 g/mol. The van der Waals surface area contributed by atoms with Crippen molar-refractivity contribution < 1.29 is 5.11 Å². The first-order valence-corrected chi connectivity index (χ1v) is 7.42. The highest BCUT2D eigenvalue weighted by molar-refractivity contribution is 5.15. The Balaban J connectivity index is 2.43. The molecule has 0 spiro atoms. The van der Waals surface area contributed by atoms with Crippen molar-refractivity contribution >= 4 is 0 Å². The van der Waals surface area contributed by atoms with Crippen molar-refractivity contribution in [3.63, 3.8) is 0 Å². The summed E-state index contributed by atoms with van der Waals surface area (Å²) >= 11 is 0. The lowest BCUT2D eigenvalue weighted by Crippen LogP contribution is -2.48. The summed E-state index contributed by atoms with van der Waals surface area (Å²) in [6, 6.07) is 10.6. The minimum absolute atomic E-state index is 0.0498. The SMILES string of the molecule is CCC(O)(CC)CNC(C)(C)CCc1ccccc1. The van der Waals surface area contributed by atoms with E-state index in [1.54, 1.807) is 0 Å². The van der Waals surface area contributed by atoms with Gasteiger partial charge in [0.25, 0.3) is 0 Å². The third kappa shape index (κ3) is 5.75. The van der Waals surface area contributed by atoms with E-state index in [1.165, 1.54) is 5.56 Å². The monoisotopic (exact) mass is 263 g/mol. The van der Waals surface area contributed by atoms with Gasteiger partial charge in [-0.05, 0) is 45.1 Å². The predicted molar refractivity (Wildman–Crippen MR) is 82.4 cm³/mol. The van der Waals surface area contributed by atoms with E-state index in [0.717, 1.165) is 25.7 Å². The van der Waals surface area contributed by atoms with Crippen molar-refractivity contribution in [3.05, 3.63) is 35.9 Å². The molecule has 0 saturated carbocycles. The number of benzene rings is 1. The normalized spacial score (nSPS) is 12.7. The fourth-order valence-corrected chi connectivity index (χ4v) is 2.09. The number of β-amino-alcohol motifs (C(OH)–C–C–N with tert-alkyl or cyclic N) is 1. The van der Waals surface area contributed by atoms with Crippen molar-refractivity contribution in [2.24, 2.45) is 0 Å². The summed E-state index contributed by atoms with van der Waals surface area (Å²) in [4.78, 5) is 0. The molecule has 1 aromatic carbocycles. The standard InChI is InChI=1S/C17H29NO/c1-5-17(19,6-2)14-18-16(3,4)13-12-15-10-8-7-9-11-15/h7-11,18-19H,5-6,12-14H2,1-4H3. The molecule has 0 aliphatic rings. The summed E-state index contributed by atoms with van der Waals surface area (Å²) < 4.78 is 0. The second kappa shape index (κ2) is 7.06. The van der Waals surface area contributed by atoms with Gasteiger partial charge in [0, 0.05) is 12.1 Å². The van der Waals surface area contributed by atoms with Crippen LogP contribution in [0.25, 0.3) is 0 Å². The maximum atomic E-state index is 10.3. The van der Waals surface area contributed by atoms with E-state index in [9.17, 15) is 5.11 Å². The van der Waals surface area contributed by atoms with Crippen molar-refractivity contribution in [2.75, 3.05) is 6.54 Å². The second-order valence-electron chi connectivity index (χ2n) is 6.15. The number of aryl methyl sites for hydroxylation is 1. The molecule has 19 heavy (non-hydrogen) atoms. The van der Waals surface area contributed by atoms with Crippen molar-refractivity contribution in [3.8, 4) is 0 Å². The van der Waals surface area contributed by atoms with Crippen LogP contribution in [-0.4, -0.2) is 22.8 Å². The Labute approximate surface area is 118 Å². The Kier molecular flexibility index (Phi) is 6.02. The van der Waals surface area contributed by atoms with Crippen LogP contribution in [0.1, 0.15) is 52.5 Å². The molecule has 1 rings (SSSR count). The van der Waals surface area contributed by atoms with E-state index < -0.39 is 5.60 Å². The van der Waals surface area contributed by atoms with Gasteiger partial charge in [-0.25, -0.2) is 0 Å². The van der Waals surface area contributed by atoms with Crippen LogP contribution in [0.15, 0.2) is 30.3 Å². The van der Waals surface area contributed by atoms with Crippen LogP contribution >= 0.6 is 0 Å². The molecule has 108 valence electrons. The zero-order valence-corrected chi connectivity index (χ0v) is 12.9. The van der Waals surface area contributed by atoms with Gasteiger partial charge in [-0.2, -0.15) is 0 Å². The van der Waals surface area contributed by atoms with Gasteiger partial charge >= 0.3 is 0 Å². The molecule has 2 heteroatoms. The van der Waals surface area contributed by atoms with E-state index in [2.05, 4.69) is 49.5 Å². The molecule has 0 unspecified atom stereocenters. The topological polar surface area (TPSA) is 32.3 Å². The predicted octanol–water partition coefficient (Wildman–Crippen LogP) is 3.54. The minimum Gasteiger partial charge on any atom is -0.389 e. The van der Waals surface area contributed by atoms with Crippen LogP contribution in [-0.2, 0) is 6.42 Å². The largest absolute Gasteiger partial charge is 0.389 e. The summed E-state index contributed by atoms with van der Waals surface area (Å²) in [5.74, 6) is 0. The quantitative estimate of drug-likeness (QED) is 0.752. The lowest BCUT2D eigenvalue weighted by Gasteiger charge is -2.33. The number of aliphatic hydroxyl groups is 1. The van der Waals surface area contributed by atoms with Crippen LogP contribution in [0.4, 0.5) is 0 Å². The van der Waals surface area contributed by atoms with Gasteiger partial charge in [-0.1, -0.05) is 44.2 Å². The number of nitrogens with one attached hydrogen (secondary N) is 1. The summed E-state index contributed by atoms with van der Waals surface area (Å²) in [5.41, 5.74) is 0.858. The number of hydrogen-bond acceptors (Lipinski definition) is 2. The number of hydrogen-bond donors (Lipinski definition) is 2. The van der Waals surface area contributed by atoms with Crippen LogP contribution in [0.5, 0.6) is 0 Å². The van der Waals surface area contributed by atoms with E-state index in [0.29, 0.717) is 6.54 Å². The Morgan fingerprint density at radius 1 is 1.05 bits per heavy atom. The van der Waals surface area contributed by atoms with E-state index in [1.807, 2.05) is 13.8 Å². The van der Waals surface area contributed by atoms with Gasteiger partial charge in [0.1, 0.15) is 0 Å².